The molecule has 0 amide bonds. The van der Waals surface area contributed by atoms with Crippen molar-refractivity contribution in [3.8, 4) is 55.9 Å². The molecule has 11 aromatic rings. The van der Waals surface area contributed by atoms with Crippen molar-refractivity contribution >= 4 is 43.6 Å². The van der Waals surface area contributed by atoms with Crippen molar-refractivity contribution in [1.82, 2.24) is 9.13 Å². The van der Waals surface area contributed by atoms with Gasteiger partial charge < -0.3 is 9.13 Å². The van der Waals surface area contributed by atoms with Gasteiger partial charge in [-0.1, -0.05) is 170 Å². The van der Waals surface area contributed by atoms with Crippen LogP contribution in [0, 0.1) is 0 Å². The number of para-hydroxylation sites is 2. The molecular weight excluding hydrogens is 677 g/mol. The van der Waals surface area contributed by atoms with Crippen molar-refractivity contribution < 1.29 is 0 Å². The van der Waals surface area contributed by atoms with Crippen LogP contribution in [0.25, 0.3) is 99.5 Å². The van der Waals surface area contributed by atoms with E-state index in [1.807, 2.05) is 0 Å². The standard InChI is InChI=1S/C54H36N2/c1-3-16-37(17-4-1)39-20-13-22-42(34-39)56-50-29-11-9-26-47(50)48-33-32-41(36-53(48)56)46-28-15-31-52-54(46)49-27-10-12-30-51(49)55(52)43-23-14-21-40(35-43)45-25-8-7-24-44(45)38-18-5-2-6-19-38/h1-36H. The maximum atomic E-state index is 2.44. The molecule has 0 aliphatic rings. The Kier molecular flexibility index (Phi) is 7.53. The van der Waals surface area contributed by atoms with Crippen molar-refractivity contribution in [3.05, 3.63) is 218 Å². The van der Waals surface area contributed by atoms with Gasteiger partial charge in [0, 0.05) is 32.9 Å². The number of hydrogen-bond donors (Lipinski definition) is 0. The van der Waals surface area contributed by atoms with E-state index in [-0.39, 0.29) is 0 Å². The highest BCUT2D eigenvalue weighted by Gasteiger charge is 2.19. The molecule has 0 N–H and O–H groups in total. The second-order valence-corrected chi connectivity index (χ2v) is 14.5. The molecule has 0 atom stereocenters. The molecule has 56 heavy (non-hydrogen) atoms. The highest BCUT2D eigenvalue weighted by Crippen LogP contribution is 2.42. The minimum Gasteiger partial charge on any atom is -0.309 e. The Morgan fingerprint density at radius 3 is 1.45 bits per heavy atom. The molecule has 11 rings (SSSR count). The Labute approximate surface area is 325 Å². The molecule has 0 saturated carbocycles. The number of aromatic nitrogens is 2. The summed E-state index contributed by atoms with van der Waals surface area (Å²) in [6.45, 7) is 0. The van der Waals surface area contributed by atoms with Crippen LogP contribution in [0.4, 0.5) is 0 Å². The fourth-order valence-corrected chi connectivity index (χ4v) is 8.83. The van der Waals surface area contributed by atoms with E-state index < -0.39 is 0 Å². The lowest BCUT2D eigenvalue weighted by Gasteiger charge is -2.14. The molecule has 0 aliphatic carbocycles. The van der Waals surface area contributed by atoms with Gasteiger partial charge in [-0.2, -0.15) is 0 Å². The molecule has 0 bridgehead atoms. The van der Waals surface area contributed by atoms with Crippen LogP contribution in [0.3, 0.4) is 0 Å². The summed E-state index contributed by atoms with van der Waals surface area (Å²) in [6.07, 6.45) is 0. The molecule has 0 spiro atoms. The van der Waals surface area contributed by atoms with Crippen LogP contribution in [-0.4, -0.2) is 9.13 Å². The van der Waals surface area contributed by atoms with E-state index in [0.717, 1.165) is 11.4 Å². The zero-order chi connectivity index (χ0) is 37.0. The summed E-state index contributed by atoms with van der Waals surface area (Å²) in [5.74, 6) is 0. The second-order valence-electron chi connectivity index (χ2n) is 14.5. The Morgan fingerprint density at radius 1 is 0.232 bits per heavy atom. The molecule has 0 aliphatic heterocycles. The van der Waals surface area contributed by atoms with Crippen LogP contribution in [0.5, 0.6) is 0 Å². The van der Waals surface area contributed by atoms with Gasteiger partial charge in [-0.05, 0) is 93.0 Å². The number of nitrogens with zero attached hydrogens (tertiary/aromatic N) is 2. The van der Waals surface area contributed by atoms with Crippen LogP contribution >= 0.6 is 0 Å². The maximum absolute atomic E-state index is 2.44. The van der Waals surface area contributed by atoms with Crippen LogP contribution < -0.4 is 0 Å². The van der Waals surface area contributed by atoms with Gasteiger partial charge in [-0.15, -0.1) is 0 Å². The van der Waals surface area contributed by atoms with Gasteiger partial charge in [0.2, 0.25) is 0 Å². The summed E-state index contributed by atoms with van der Waals surface area (Å²) < 4.78 is 4.87. The summed E-state index contributed by atoms with van der Waals surface area (Å²) >= 11 is 0. The largest absolute Gasteiger partial charge is 0.309 e. The fourth-order valence-electron chi connectivity index (χ4n) is 8.83. The van der Waals surface area contributed by atoms with Gasteiger partial charge in [-0.3, -0.25) is 0 Å². The predicted molar refractivity (Wildman–Crippen MR) is 237 cm³/mol. The fraction of sp³-hybridized carbons (Fsp3) is 0. The lowest BCUT2D eigenvalue weighted by atomic mass is 9.94. The van der Waals surface area contributed by atoms with Gasteiger partial charge in [0.15, 0.2) is 0 Å². The lowest BCUT2D eigenvalue weighted by molar-refractivity contribution is 1.18. The first-order valence-corrected chi connectivity index (χ1v) is 19.3. The number of fused-ring (bicyclic) bond motifs is 6. The number of benzene rings is 9. The molecule has 9 aromatic carbocycles. The smallest absolute Gasteiger partial charge is 0.0547 e. The van der Waals surface area contributed by atoms with Crippen molar-refractivity contribution in [2.24, 2.45) is 0 Å². The van der Waals surface area contributed by atoms with Crippen molar-refractivity contribution in [2.45, 2.75) is 0 Å². The second kappa shape index (κ2) is 13.2. The molecular formula is C54H36N2. The quantitative estimate of drug-likeness (QED) is 0.162. The van der Waals surface area contributed by atoms with E-state index in [2.05, 4.69) is 228 Å². The van der Waals surface area contributed by atoms with Gasteiger partial charge in [0.05, 0.1) is 22.1 Å². The molecule has 0 radical (unpaired) electrons. The average molecular weight is 713 g/mol. The minimum atomic E-state index is 1.14. The zero-order valence-corrected chi connectivity index (χ0v) is 30.7. The SMILES string of the molecule is c1ccc(-c2cccc(-n3c4ccccc4c4ccc(-c5cccc6c5c5ccccc5n6-c5cccc(-c6ccccc6-c6ccccc6)c5)cc43)c2)cc1. The highest BCUT2D eigenvalue weighted by atomic mass is 15.0. The Morgan fingerprint density at radius 2 is 0.696 bits per heavy atom. The lowest BCUT2D eigenvalue weighted by Crippen LogP contribution is -1.95. The molecule has 2 heteroatoms. The van der Waals surface area contributed by atoms with Crippen LogP contribution in [-0.2, 0) is 0 Å². The van der Waals surface area contributed by atoms with Gasteiger partial charge in [0.25, 0.3) is 0 Å². The van der Waals surface area contributed by atoms with Gasteiger partial charge in [0.1, 0.15) is 0 Å². The Bertz CT molecular complexity index is 3240. The average Bonchev–Trinajstić information content (AvgIpc) is 3.80. The van der Waals surface area contributed by atoms with Crippen LogP contribution in [0.1, 0.15) is 0 Å². The molecule has 0 fully saturated rings. The molecule has 2 aromatic heterocycles. The molecule has 2 heterocycles. The van der Waals surface area contributed by atoms with E-state index in [0.29, 0.717) is 0 Å². The molecule has 0 saturated heterocycles. The summed E-state index contributed by atoms with van der Waals surface area (Å²) in [7, 11) is 0. The normalized spacial score (nSPS) is 11.6. The van der Waals surface area contributed by atoms with Crippen LogP contribution in [0.2, 0.25) is 0 Å². The third-order valence-corrected chi connectivity index (χ3v) is 11.3. The summed E-state index contributed by atoms with van der Waals surface area (Å²) in [5, 5.41) is 5.00. The zero-order valence-electron chi connectivity index (χ0n) is 30.7. The third-order valence-electron chi connectivity index (χ3n) is 11.3. The minimum absolute atomic E-state index is 1.14. The van der Waals surface area contributed by atoms with E-state index >= 15 is 0 Å². The third kappa shape index (κ3) is 5.19. The summed E-state index contributed by atoms with van der Waals surface area (Å²) in [6, 6.07) is 79.4. The van der Waals surface area contributed by atoms with Crippen LogP contribution in [0.15, 0.2) is 218 Å². The summed E-state index contributed by atoms with van der Waals surface area (Å²) in [5.41, 5.74) is 16.8. The van der Waals surface area contributed by atoms with E-state index in [9.17, 15) is 0 Å². The monoisotopic (exact) mass is 712 g/mol. The first-order valence-electron chi connectivity index (χ1n) is 19.3. The maximum Gasteiger partial charge on any atom is 0.0547 e. The first-order chi connectivity index (χ1) is 27.8. The van der Waals surface area contributed by atoms with Gasteiger partial charge >= 0.3 is 0 Å². The van der Waals surface area contributed by atoms with E-state index in [4.69, 9.17) is 0 Å². The van der Waals surface area contributed by atoms with Crippen molar-refractivity contribution in [1.29, 1.82) is 0 Å². The van der Waals surface area contributed by atoms with E-state index in [1.54, 1.807) is 0 Å². The first kappa shape index (κ1) is 32.0. The molecule has 0 unspecified atom stereocenters. The molecule has 2 nitrogen and oxygen atoms in total. The highest BCUT2D eigenvalue weighted by molar-refractivity contribution is 6.17. The van der Waals surface area contributed by atoms with Crippen molar-refractivity contribution in [2.75, 3.05) is 0 Å². The van der Waals surface area contributed by atoms with Crippen molar-refractivity contribution in [3.63, 3.8) is 0 Å². The van der Waals surface area contributed by atoms with E-state index in [1.165, 1.54) is 88.1 Å². The predicted octanol–water partition coefficient (Wildman–Crippen LogP) is 14.5. The number of rotatable bonds is 6. The topological polar surface area (TPSA) is 9.86 Å². The number of hydrogen-bond acceptors (Lipinski definition) is 0. The summed E-state index contributed by atoms with van der Waals surface area (Å²) in [4.78, 5) is 0. The van der Waals surface area contributed by atoms with Gasteiger partial charge in [-0.25, -0.2) is 0 Å². The Hall–Kier alpha value is -7.42. The Balaban J connectivity index is 1.10. The molecule has 262 valence electrons.